The van der Waals surface area contributed by atoms with Crippen LogP contribution in [-0.4, -0.2) is 7.05 Å². The average Bonchev–Trinajstić information content (AvgIpc) is 3.19. The fraction of sp³-hybridized carbons (Fsp3) is 0.375. The van der Waals surface area contributed by atoms with Crippen LogP contribution >= 0.6 is 0 Å². The number of benzene rings is 2. The van der Waals surface area contributed by atoms with Gasteiger partial charge in [-0.3, -0.25) is 0 Å². The Morgan fingerprint density at radius 3 is 2.59 bits per heavy atom. The van der Waals surface area contributed by atoms with Gasteiger partial charge in [-0.2, -0.15) is 0 Å². The van der Waals surface area contributed by atoms with Crippen LogP contribution in [0.15, 0.2) is 42.5 Å². The number of hydrogen-bond acceptors (Lipinski definition) is 1. The van der Waals surface area contributed by atoms with Crippen LogP contribution in [-0.2, 0) is 0 Å². The van der Waals surface area contributed by atoms with Crippen molar-refractivity contribution in [2.24, 2.45) is 5.92 Å². The summed E-state index contributed by atoms with van der Waals surface area (Å²) in [6.07, 6.45) is 4.13. The Labute approximate surface area is 103 Å². The third-order valence-electron chi connectivity index (χ3n) is 3.79. The Bertz CT molecular complexity index is 514. The van der Waals surface area contributed by atoms with E-state index in [0.717, 1.165) is 5.92 Å². The van der Waals surface area contributed by atoms with Crippen molar-refractivity contribution in [3.05, 3.63) is 48.0 Å². The first kappa shape index (κ1) is 10.8. The minimum Gasteiger partial charge on any atom is -0.313 e. The van der Waals surface area contributed by atoms with Crippen molar-refractivity contribution in [2.75, 3.05) is 7.05 Å². The van der Waals surface area contributed by atoms with E-state index in [-0.39, 0.29) is 0 Å². The van der Waals surface area contributed by atoms with E-state index in [9.17, 15) is 0 Å². The molecular weight excluding hydrogens is 206 g/mol. The Morgan fingerprint density at radius 1 is 1.12 bits per heavy atom. The van der Waals surface area contributed by atoms with E-state index in [1.165, 1.54) is 35.6 Å². The van der Waals surface area contributed by atoms with Gasteiger partial charge in [-0.25, -0.2) is 0 Å². The van der Waals surface area contributed by atoms with Crippen LogP contribution in [0, 0.1) is 5.92 Å². The van der Waals surface area contributed by atoms with Crippen LogP contribution in [0.4, 0.5) is 0 Å². The molecule has 2 aromatic rings. The summed E-state index contributed by atoms with van der Waals surface area (Å²) < 4.78 is 0. The lowest BCUT2D eigenvalue weighted by Crippen LogP contribution is -2.16. The second-order valence-corrected chi connectivity index (χ2v) is 5.13. The SMILES string of the molecule is CNC(CC1CC1)c1ccc2ccccc2c1. The van der Waals surface area contributed by atoms with Crippen molar-refractivity contribution < 1.29 is 0 Å². The maximum atomic E-state index is 3.45. The van der Waals surface area contributed by atoms with Crippen molar-refractivity contribution in [3.8, 4) is 0 Å². The first-order chi connectivity index (χ1) is 8.36. The molecule has 0 heterocycles. The molecule has 1 unspecified atom stereocenters. The average molecular weight is 225 g/mol. The third kappa shape index (κ3) is 2.34. The van der Waals surface area contributed by atoms with Gasteiger partial charge in [-0.15, -0.1) is 0 Å². The lowest BCUT2D eigenvalue weighted by Gasteiger charge is -2.16. The van der Waals surface area contributed by atoms with E-state index < -0.39 is 0 Å². The second kappa shape index (κ2) is 4.50. The molecule has 88 valence electrons. The van der Waals surface area contributed by atoms with Crippen LogP contribution < -0.4 is 5.32 Å². The third-order valence-corrected chi connectivity index (χ3v) is 3.79. The summed E-state index contributed by atoms with van der Waals surface area (Å²) >= 11 is 0. The molecular formula is C16H19N. The van der Waals surface area contributed by atoms with E-state index in [1.807, 2.05) is 0 Å². The van der Waals surface area contributed by atoms with Gasteiger partial charge in [0.05, 0.1) is 0 Å². The largest absolute Gasteiger partial charge is 0.313 e. The standard InChI is InChI=1S/C16H19N/c1-17-16(10-12-6-7-12)15-9-8-13-4-2-3-5-14(13)11-15/h2-5,8-9,11-12,16-17H,6-7,10H2,1H3. The van der Waals surface area contributed by atoms with Crippen LogP contribution in [0.2, 0.25) is 0 Å². The molecule has 3 rings (SSSR count). The zero-order valence-corrected chi connectivity index (χ0v) is 10.3. The molecule has 1 atom stereocenters. The molecule has 1 heteroatoms. The van der Waals surface area contributed by atoms with Gasteiger partial charge in [0.25, 0.3) is 0 Å². The minimum absolute atomic E-state index is 0.520. The molecule has 1 aliphatic rings. The molecule has 1 fully saturated rings. The molecule has 0 aliphatic heterocycles. The highest BCUT2D eigenvalue weighted by Gasteiger charge is 2.25. The van der Waals surface area contributed by atoms with Gasteiger partial charge in [0.15, 0.2) is 0 Å². The highest BCUT2D eigenvalue weighted by Crippen LogP contribution is 2.37. The fourth-order valence-corrected chi connectivity index (χ4v) is 2.53. The lowest BCUT2D eigenvalue weighted by atomic mass is 9.98. The zero-order valence-electron chi connectivity index (χ0n) is 10.3. The molecule has 2 aromatic carbocycles. The van der Waals surface area contributed by atoms with Gasteiger partial charge in [0.2, 0.25) is 0 Å². The molecule has 0 bridgehead atoms. The summed E-state index contributed by atoms with van der Waals surface area (Å²) in [6.45, 7) is 0. The maximum absolute atomic E-state index is 3.45. The Hall–Kier alpha value is -1.34. The van der Waals surface area contributed by atoms with E-state index >= 15 is 0 Å². The van der Waals surface area contributed by atoms with E-state index in [4.69, 9.17) is 0 Å². The molecule has 0 radical (unpaired) electrons. The first-order valence-corrected chi connectivity index (χ1v) is 6.53. The summed E-state index contributed by atoms with van der Waals surface area (Å²) in [5.74, 6) is 0.957. The predicted octanol–water partition coefficient (Wildman–Crippen LogP) is 3.90. The molecule has 17 heavy (non-hydrogen) atoms. The van der Waals surface area contributed by atoms with Crippen molar-refractivity contribution in [1.82, 2.24) is 5.32 Å². The van der Waals surface area contributed by atoms with Crippen molar-refractivity contribution in [3.63, 3.8) is 0 Å². The Morgan fingerprint density at radius 2 is 1.88 bits per heavy atom. The predicted molar refractivity (Wildman–Crippen MR) is 73.1 cm³/mol. The topological polar surface area (TPSA) is 12.0 Å². The summed E-state index contributed by atoms with van der Waals surface area (Å²) in [5.41, 5.74) is 1.43. The van der Waals surface area contributed by atoms with Gasteiger partial charge in [-0.05, 0) is 41.8 Å². The molecule has 1 N–H and O–H groups in total. The van der Waals surface area contributed by atoms with Crippen molar-refractivity contribution in [2.45, 2.75) is 25.3 Å². The molecule has 1 aliphatic carbocycles. The number of fused-ring (bicyclic) bond motifs is 1. The highest BCUT2D eigenvalue weighted by molar-refractivity contribution is 5.83. The lowest BCUT2D eigenvalue weighted by molar-refractivity contribution is 0.515. The molecule has 1 nitrogen and oxygen atoms in total. The maximum Gasteiger partial charge on any atom is 0.0320 e. The van der Waals surface area contributed by atoms with Gasteiger partial charge in [0, 0.05) is 6.04 Å². The van der Waals surface area contributed by atoms with Gasteiger partial charge >= 0.3 is 0 Å². The molecule has 1 saturated carbocycles. The zero-order chi connectivity index (χ0) is 11.7. The second-order valence-electron chi connectivity index (χ2n) is 5.13. The van der Waals surface area contributed by atoms with Gasteiger partial charge in [-0.1, -0.05) is 49.2 Å². The summed E-state index contributed by atoms with van der Waals surface area (Å²) in [5, 5.41) is 6.13. The normalized spacial score (nSPS) is 17.2. The van der Waals surface area contributed by atoms with Crippen LogP contribution in [0.1, 0.15) is 30.9 Å². The molecule has 0 spiro atoms. The first-order valence-electron chi connectivity index (χ1n) is 6.53. The summed E-state index contributed by atoms with van der Waals surface area (Å²) in [7, 11) is 2.07. The van der Waals surface area contributed by atoms with E-state index in [2.05, 4.69) is 54.8 Å². The Kier molecular flexibility index (Phi) is 2.86. The molecule has 0 saturated heterocycles. The number of hydrogen-bond donors (Lipinski definition) is 1. The molecule has 0 aromatic heterocycles. The minimum atomic E-state index is 0.520. The smallest absolute Gasteiger partial charge is 0.0320 e. The molecule has 0 amide bonds. The van der Waals surface area contributed by atoms with E-state index in [0.29, 0.717) is 6.04 Å². The van der Waals surface area contributed by atoms with Gasteiger partial charge < -0.3 is 5.32 Å². The van der Waals surface area contributed by atoms with Crippen LogP contribution in [0.25, 0.3) is 10.8 Å². The highest BCUT2D eigenvalue weighted by atomic mass is 14.9. The van der Waals surface area contributed by atoms with Crippen molar-refractivity contribution in [1.29, 1.82) is 0 Å². The van der Waals surface area contributed by atoms with Crippen LogP contribution in [0.5, 0.6) is 0 Å². The quantitative estimate of drug-likeness (QED) is 0.832. The number of rotatable bonds is 4. The number of nitrogens with one attached hydrogen (secondary N) is 1. The van der Waals surface area contributed by atoms with Gasteiger partial charge in [0.1, 0.15) is 0 Å². The van der Waals surface area contributed by atoms with Crippen LogP contribution in [0.3, 0.4) is 0 Å². The monoisotopic (exact) mass is 225 g/mol. The Balaban J connectivity index is 1.92. The summed E-state index contributed by atoms with van der Waals surface area (Å²) in [6, 6.07) is 15.9. The fourth-order valence-electron chi connectivity index (χ4n) is 2.53. The van der Waals surface area contributed by atoms with Crippen molar-refractivity contribution >= 4 is 10.8 Å². The van der Waals surface area contributed by atoms with E-state index in [1.54, 1.807) is 0 Å². The summed E-state index contributed by atoms with van der Waals surface area (Å²) in [4.78, 5) is 0.